The zero-order chi connectivity index (χ0) is 22.9. The Labute approximate surface area is 190 Å². The van der Waals surface area contributed by atoms with E-state index in [9.17, 15) is 9.90 Å². The minimum Gasteiger partial charge on any atom is -0.508 e. The van der Waals surface area contributed by atoms with Crippen molar-refractivity contribution in [1.82, 2.24) is 10.2 Å². The van der Waals surface area contributed by atoms with E-state index < -0.39 is 0 Å². The largest absolute Gasteiger partial charge is 0.508 e. The van der Waals surface area contributed by atoms with Gasteiger partial charge in [0, 0.05) is 38.9 Å². The molecule has 0 saturated carbocycles. The summed E-state index contributed by atoms with van der Waals surface area (Å²) in [5.41, 5.74) is 1.72. The van der Waals surface area contributed by atoms with E-state index in [1.807, 2.05) is 12.1 Å². The summed E-state index contributed by atoms with van der Waals surface area (Å²) >= 11 is 0. The second-order valence-electron chi connectivity index (χ2n) is 8.18. The lowest BCUT2D eigenvalue weighted by Gasteiger charge is -2.36. The third-order valence-electron chi connectivity index (χ3n) is 5.89. The number of amides is 1. The fourth-order valence-electron chi connectivity index (χ4n) is 3.99. The number of nitrogens with one attached hydrogen (secondary N) is 1. The first-order valence-electron chi connectivity index (χ1n) is 11.1. The van der Waals surface area contributed by atoms with Gasteiger partial charge in [-0.1, -0.05) is 12.1 Å². The summed E-state index contributed by atoms with van der Waals surface area (Å²) in [6, 6.07) is 13.1. The summed E-state index contributed by atoms with van der Waals surface area (Å²) < 4.78 is 16.6. The molecule has 1 unspecified atom stereocenters. The van der Waals surface area contributed by atoms with Crippen molar-refractivity contribution in [2.24, 2.45) is 0 Å². The van der Waals surface area contributed by atoms with E-state index in [-0.39, 0.29) is 12.0 Å². The Morgan fingerprint density at radius 1 is 1.16 bits per heavy atom. The molecule has 1 heterocycles. The molecule has 0 spiro atoms. The van der Waals surface area contributed by atoms with Crippen LogP contribution in [0, 0.1) is 0 Å². The Hall–Kier alpha value is -2.77. The first kappa shape index (κ1) is 23.9. The lowest BCUT2D eigenvalue weighted by Crippen LogP contribution is -2.43. The van der Waals surface area contributed by atoms with Gasteiger partial charge in [-0.2, -0.15) is 0 Å². The van der Waals surface area contributed by atoms with Gasteiger partial charge in [0.1, 0.15) is 23.4 Å². The van der Waals surface area contributed by atoms with Gasteiger partial charge in [0.25, 0.3) is 5.91 Å². The van der Waals surface area contributed by atoms with Gasteiger partial charge in [0.15, 0.2) is 0 Å². The van der Waals surface area contributed by atoms with E-state index in [1.54, 1.807) is 44.6 Å². The van der Waals surface area contributed by atoms with E-state index >= 15 is 0 Å². The van der Waals surface area contributed by atoms with Crippen LogP contribution in [0.1, 0.15) is 35.7 Å². The third kappa shape index (κ3) is 6.61. The van der Waals surface area contributed by atoms with Crippen molar-refractivity contribution in [3.05, 3.63) is 53.6 Å². The summed E-state index contributed by atoms with van der Waals surface area (Å²) in [4.78, 5) is 15.1. The van der Waals surface area contributed by atoms with Crippen molar-refractivity contribution in [2.45, 2.75) is 38.3 Å². The van der Waals surface area contributed by atoms with Crippen LogP contribution in [0.2, 0.25) is 0 Å². The highest BCUT2D eigenvalue weighted by molar-refractivity contribution is 5.97. The fraction of sp³-hybridized carbons (Fsp3) is 0.480. The first-order valence-corrected chi connectivity index (χ1v) is 11.1. The number of piperidine rings is 1. The van der Waals surface area contributed by atoms with E-state index in [0.717, 1.165) is 32.4 Å². The van der Waals surface area contributed by atoms with Crippen LogP contribution >= 0.6 is 0 Å². The van der Waals surface area contributed by atoms with Crippen LogP contribution in [-0.2, 0) is 11.2 Å². The van der Waals surface area contributed by atoms with Gasteiger partial charge in [-0.15, -0.1) is 0 Å². The number of carbonyl (C=O) groups is 1. The van der Waals surface area contributed by atoms with Gasteiger partial charge in [-0.25, -0.2) is 0 Å². The number of benzene rings is 2. The number of hydrogen-bond acceptors (Lipinski definition) is 6. The second kappa shape index (κ2) is 11.7. The van der Waals surface area contributed by atoms with Gasteiger partial charge in [0.2, 0.25) is 0 Å². The average molecular weight is 443 g/mol. The van der Waals surface area contributed by atoms with Gasteiger partial charge in [0.05, 0.1) is 19.3 Å². The van der Waals surface area contributed by atoms with E-state index in [4.69, 9.17) is 14.2 Å². The number of carbonyl (C=O) groups excluding carboxylic acids is 1. The molecule has 2 aromatic carbocycles. The smallest absolute Gasteiger partial charge is 0.255 e. The molecular weight excluding hydrogens is 408 g/mol. The van der Waals surface area contributed by atoms with Crippen molar-refractivity contribution in [3.63, 3.8) is 0 Å². The molecule has 2 N–H and O–H groups in total. The third-order valence-corrected chi connectivity index (χ3v) is 5.89. The zero-order valence-corrected chi connectivity index (χ0v) is 19.2. The standard InChI is InChI=1S/C25H34N2O5/c1-18(16-19-4-6-20(28)7-5-19)27-13-10-21(11-14-27)32-24-17-22(31-3)8-9-23(24)25(29)26-12-15-30-2/h4-9,17-18,21,28H,10-16H2,1-3H3,(H,26,29). The van der Waals surface area contributed by atoms with Crippen molar-refractivity contribution in [2.75, 3.05) is 40.5 Å². The van der Waals surface area contributed by atoms with E-state index in [2.05, 4.69) is 17.1 Å². The predicted molar refractivity (Wildman–Crippen MR) is 124 cm³/mol. The molecule has 1 aliphatic rings. The van der Waals surface area contributed by atoms with Crippen LogP contribution in [0.5, 0.6) is 17.2 Å². The number of nitrogens with zero attached hydrogens (tertiary/aromatic N) is 1. The Kier molecular flexibility index (Phi) is 8.76. The fourth-order valence-corrected chi connectivity index (χ4v) is 3.99. The maximum atomic E-state index is 12.6. The molecule has 0 aromatic heterocycles. The van der Waals surface area contributed by atoms with Crippen molar-refractivity contribution in [3.8, 4) is 17.2 Å². The Morgan fingerprint density at radius 2 is 1.88 bits per heavy atom. The topological polar surface area (TPSA) is 80.3 Å². The summed E-state index contributed by atoms with van der Waals surface area (Å²) in [5.74, 6) is 1.33. The number of ether oxygens (including phenoxy) is 3. The lowest BCUT2D eigenvalue weighted by molar-refractivity contribution is 0.0774. The highest BCUT2D eigenvalue weighted by Crippen LogP contribution is 2.28. The molecular formula is C25H34N2O5. The molecule has 1 saturated heterocycles. The molecule has 7 heteroatoms. The highest BCUT2D eigenvalue weighted by Gasteiger charge is 2.25. The van der Waals surface area contributed by atoms with Crippen LogP contribution in [0.15, 0.2) is 42.5 Å². The number of phenolic OH excluding ortho intramolecular Hbond substituents is 1. The SMILES string of the molecule is COCCNC(=O)c1ccc(OC)cc1OC1CCN(C(C)Cc2ccc(O)cc2)CC1. The minimum atomic E-state index is -0.181. The summed E-state index contributed by atoms with van der Waals surface area (Å²) in [6.45, 7) is 5.00. The first-order chi connectivity index (χ1) is 15.5. The van der Waals surface area contributed by atoms with Gasteiger partial charge in [-0.3, -0.25) is 4.79 Å². The van der Waals surface area contributed by atoms with Crippen molar-refractivity contribution < 1.29 is 24.1 Å². The minimum absolute atomic E-state index is 0.0461. The molecule has 174 valence electrons. The Balaban J connectivity index is 1.57. The Bertz CT molecular complexity index is 863. The van der Waals surface area contributed by atoms with Crippen LogP contribution in [0.25, 0.3) is 0 Å². The number of hydrogen-bond donors (Lipinski definition) is 2. The molecule has 0 radical (unpaired) electrons. The van der Waals surface area contributed by atoms with Crippen molar-refractivity contribution >= 4 is 5.91 Å². The molecule has 3 rings (SSSR count). The Morgan fingerprint density at radius 3 is 2.53 bits per heavy atom. The molecule has 2 aromatic rings. The molecule has 1 atom stereocenters. The number of phenols is 1. The molecule has 1 fully saturated rings. The highest BCUT2D eigenvalue weighted by atomic mass is 16.5. The normalized spacial score (nSPS) is 15.8. The number of rotatable bonds is 10. The van der Waals surface area contributed by atoms with Crippen LogP contribution in [0.3, 0.4) is 0 Å². The molecule has 0 bridgehead atoms. The maximum Gasteiger partial charge on any atom is 0.255 e. The molecule has 0 aliphatic carbocycles. The van der Waals surface area contributed by atoms with Crippen LogP contribution in [0.4, 0.5) is 0 Å². The monoisotopic (exact) mass is 442 g/mol. The lowest BCUT2D eigenvalue weighted by atomic mass is 10.0. The van der Waals surface area contributed by atoms with Gasteiger partial charge in [-0.05, 0) is 56.0 Å². The van der Waals surface area contributed by atoms with Crippen LogP contribution < -0.4 is 14.8 Å². The van der Waals surface area contributed by atoms with Crippen LogP contribution in [-0.4, -0.2) is 68.5 Å². The number of methoxy groups -OCH3 is 2. The van der Waals surface area contributed by atoms with Crippen molar-refractivity contribution in [1.29, 1.82) is 0 Å². The molecule has 1 amide bonds. The summed E-state index contributed by atoms with van der Waals surface area (Å²) in [5, 5.41) is 12.3. The zero-order valence-electron chi connectivity index (χ0n) is 19.2. The maximum absolute atomic E-state index is 12.6. The molecule has 7 nitrogen and oxygen atoms in total. The average Bonchev–Trinajstić information content (AvgIpc) is 2.81. The van der Waals surface area contributed by atoms with E-state index in [0.29, 0.717) is 42.0 Å². The number of aromatic hydroxyl groups is 1. The summed E-state index contributed by atoms with van der Waals surface area (Å²) in [6.07, 6.45) is 2.77. The quantitative estimate of drug-likeness (QED) is 0.550. The summed E-state index contributed by atoms with van der Waals surface area (Å²) in [7, 11) is 3.21. The molecule has 32 heavy (non-hydrogen) atoms. The predicted octanol–water partition coefficient (Wildman–Crippen LogP) is 3.25. The molecule has 1 aliphatic heterocycles. The van der Waals surface area contributed by atoms with Gasteiger partial charge >= 0.3 is 0 Å². The van der Waals surface area contributed by atoms with E-state index in [1.165, 1.54) is 5.56 Å². The second-order valence-corrected chi connectivity index (χ2v) is 8.18. The van der Waals surface area contributed by atoms with Gasteiger partial charge < -0.3 is 29.5 Å². The number of likely N-dealkylation sites (tertiary alicyclic amines) is 1.